The summed E-state index contributed by atoms with van der Waals surface area (Å²) in [5.41, 5.74) is 2.85. The molecule has 6 heteroatoms. The van der Waals surface area contributed by atoms with E-state index in [1.165, 1.54) is 6.20 Å². The molecule has 2 N–H and O–H groups in total. The van der Waals surface area contributed by atoms with Crippen molar-refractivity contribution < 1.29 is 4.79 Å². The Hall–Kier alpha value is -2.92. The fourth-order valence-corrected chi connectivity index (χ4v) is 2.43. The third-order valence-corrected chi connectivity index (χ3v) is 4.13. The van der Waals surface area contributed by atoms with Crippen LogP contribution in [0.4, 0.5) is 11.5 Å². The first-order chi connectivity index (χ1) is 12.1. The molecule has 0 saturated carbocycles. The van der Waals surface area contributed by atoms with Gasteiger partial charge in [0.2, 0.25) is 0 Å². The molecule has 2 aromatic carbocycles. The smallest absolute Gasteiger partial charge is 0.275 e. The van der Waals surface area contributed by atoms with Crippen LogP contribution in [0.2, 0.25) is 5.02 Å². The zero-order valence-corrected chi connectivity index (χ0v) is 14.4. The van der Waals surface area contributed by atoms with Crippen LogP contribution < -0.4 is 10.6 Å². The van der Waals surface area contributed by atoms with E-state index in [4.69, 9.17) is 11.6 Å². The van der Waals surface area contributed by atoms with E-state index >= 15 is 0 Å². The van der Waals surface area contributed by atoms with E-state index in [9.17, 15) is 4.79 Å². The molecular weight excluding hydrogens is 336 g/mol. The molecule has 3 aromatic rings. The van der Waals surface area contributed by atoms with Gasteiger partial charge < -0.3 is 10.6 Å². The fraction of sp³-hybridized carbons (Fsp3) is 0.105. The van der Waals surface area contributed by atoms with Gasteiger partial charge in [-0.05, 0) is 30.2 Å². The monoisotopic (exact) mass is 352 g/mol. The lowest BCUT2D eigenvalue weighted by Gasteiger charge is -2.09. The minimum absolute atomic E-state index is 0.240. The van der Waals surface area contributed by atoms with Gasteiger partial charge in [-0.3, -0.25) is 4.79 Å². The van der Waals surface area contributed by atoms with Gasteiger partial charge in [-0.2, -0.15) is 0 Å². The summed E-state index contributed by atoms with van der Waals surface area (Å²) in [7, 11) is 0. The van der Waals surface area contributed by atoms with Gasteiger partial charge in [0.25, 0.3) is 5.91 Å². The summed E-state index contributed by atoms with van der Waals surface area (Å²) in [5.74, 6) is 0.284. The SMILES string of the molecule is Cc1c(Cl)cccc1NC(=O)c1cnc(NCc2ccccc2)cn1. The van der Waals surface area contributed by atoms with Crippen molar-refractivity contribution in [3.05, 3.63) is 82.8 Å². The highest BCUT2D eigenvalue weighted by atomic mass is 35.5. The van der Waals surface area contributed by atoms with Gasteiger partial charge in [0.05, 0.1) is 12.4 Å². The first-order valence-corrected chi connectivity index (χ1v) is 8.17. The predicted molar refractivity (Wildman–Crippen MR) is 99.9 cm³/mol. The van der Waals surface area contributed by atoms with E-state index in [1.807, 2.05) is 37.3 Å². The van der Waals surface area contributed by atoms with Crippen molar-refractivity contribution in [2.75, 3.05) is 10.6 Å². The van der Waals surface area contributed by atoms with Gasteiger partial charge in [0, 0.05) is 17.3 Å². The quantitative estimate of drug-likeness (QED) is 0.718. The number of hydrogen-bond acceptors (Lipinski definition) is 4. The molecule has 0 saturated heterocycles. The number of halogens is 1. The van der Waals surface area contributed by atoms with Gasteiger partial charge in [0.1, 0.15) is 11.5 Å². The van der Waals surface area contributed by atoms with Crippen LogP contribution in [0, 0.1) is 6.92 Å². The van der Waals surface area contributed by atoms with E-state index in [2.05, 4.69) is 20.6 Å². The van der Waals surface area contributed by atoms with Crippen molar-refractivity contribution in [1.82, 2.24) is 9.97 Å². The molecule has 3 rings (SSSR count). The Labute approximate surface area is 151 Å². The van der Waals surface area contributed by atoms with Crippen LogP contribution >= 0.6 is 11.6 Å². The van der Waals surface area contributed by atoms with Crippen molar-refractivity contribution in [3.8, 4) is 0 Å². The highest BCUT2D eigenvalue weighted by molar-refractivity contribution is 6.31. The molecule has 0 spiro atoms. The zero-order valence-electron chi connectivity index (χ0n) is 13.7. The number of hydrogen-bond donors (Lipinski definition) is 2. The molecule has 0 atom stereocenters. The molecule has 0 aliphatic rings. The summed E-state index contributed by atoms with van der Waals surface area (Å²) in [4.78, 5) is 20.7. The standard InChI is InChI=1S/C19H17ClN4O/c1-13-15(20)8-5-9-16(13)24-19(25)17-11-23-18(12-21-17)22-10-14-6-3-2-4-7-14/h2-9,11-12H,10H2,1H3,(H,22,23)(H,24,25). The summed E-state index contributed by atoms with van der Waals surface area (Å²) in [6.07, 6.45) is 2.99. The molecule has 0 radical (unpaired) electrons. The fourth-order valence-electron chi connectivity index (χ4n) is 2.25. The Morgan fingerprint density at radius 2 is 1.84 bits per heavy atom. The Balaban J connectivity index is 1.63. The van der Waals surface area contributed by atoms with Gasteiger partial charge in [-0.1, -0.05) is 48.0 Å². The number of nitrogens with zero attached hydrogens (tertiary/aromatic N) is 2. The van der Waals surface area contributed by atoms with Crippen LogP contribution in [0.5, 0.6) is 0 Å². The van der Waals surface area contributed by atoms with Crippen LogP contribution in [0.25, 0.3) is 0 Å². The number of nitrogens with one attached hydrogen (secondary N) is 2. The summed E-state index contributed by atoms with van der Waals surface area (Å²) in [5, 5.41) is 6.57. The number of benzene rings is 2. The number of amides is 1. The van der Waals surface area contributed by atoms with Crippen LogP contribution in [0.3, 0.4) is 0 Å². The van der Waals surface area contributed by atoms with Gasteiger partial charge >= 0.3 is 0 Å². The minimum Gasteiger partial charge on any atom is -0.365 e. The van der Waals surface area contributed by atoms with Gasteiger partial charge in [-0.15, -0.1) is 0 Å². The Bertz CT molecular complexity index is 866. The van der Waals surface area contributed by atoms with Crippen molar-refractivity contribution >= 4 is 29.0 Å². The summed E-state index contributed by atoms with van der Waals surface area (Å²) >= 11 is 6.06. The second-order valence-corrected chi connectivity index (χ2v) is 5.90. The van der Waals surface area contributed by atoms with Gasteiger partial charge in [-0.25, -0.2) is 9.97 Å². The largest absolute Gasteiger partial charge is 0.365 e. The average Bonchev–Trinajstić information content (AvgIpc) is 2.65. The third kappa shape index (κ3) is 4.33. The van der Waals surface area contributed by atoms with Crippen LogP contribution in [0.1, 0.15) is 21.6 Å². The minimum atomic E-state index is -0.326. The predicted octanol–water partition coefficient (Wildman–Crippen LogP) is 4.30. The molecule has 25 heavy (non-hydrogen) atoms. The van der Waals surface area contributed by atoms with Crippen molar-refractivity contribution in [3.63, 3.8) is 0 Å². The number of rotatable bonds is 5. The summed E-state index contributed by atoms with van der Waals surface area (Å²) < 4.78 is 0. The third-order valence-electron chi connectivity index (χ3n) is 3.72. The summed E-state index contributed by atoms with van der Waals surface area (Å²) in [6.45, 7) is 2.49. The lowest BCUT2D eigenvalue weighted by molar-refractivity contribution is 0.102. The highest BCUT2D eigenvalue weighted by Gasteiger charge is 2.11. The molecule has 0 aliphatic heterocycles. The van der Waals surface area contributed by atoms with E-state index in [-0.39, 0.29) is 11.6 Å². The van der Waals surface area contributed by atoms with Crippen LogP contribution in [-0.4, -0.2) is 15.9 Å². The van der Waals surface area contributed by atoms with Crippen LogP contribution in [-0.2, 0) is 6.54 Å². The Morgan fingerprint density at radius 3 is 2.56 bits per heavy atom. The molecule has 0 fully saturated rings. The summed E-state index contributed by atoms with van der Waals surface area (Å²) in [6, 6.07) is 15.3. The molecule has 0 aliphatic carbocycles. The van der Waals surface area contributed by atoms with E-state index < -0.39 is 0 Å². The van der Waals surface area contributed by atoms with E-state index in [1.54, 1.807) is 24.4 Å². The van der Waals surface area contributed by atoms with E-state index in [0.717, 1.165) is 11.1 Å². The molecule has 126 valence electrons. The first-order valence-electron chi connectivity index (χ1n) is 7.80. The lowest BCUT2D eigenvalue weighted by Crippen LogP contribution is -2.15. The maximum Gasteiger partial charge on any atom is 0.275 e. The topological polar surface area (TPSA) is 66.9 Å². The van der Waals surface area contributed by atoms with Gasteiger partial charge in [0.15, 0.2) is 0 Å². The average molecular weight is 353 g/mol. The second-order valence-electron chi connectivity index (χ2n) is 5.49. The van der Waals surface area contributed by atoms with Crippen LogP contribution in [0.15, 0.2) is 60.9 Å². The second kappa shape index (κ2) is 7.77. The lowest BCUT2D eigenvalue weighted by atomic mass is 10.2. The molecule has 1 aromatic heterocycles. The van der Waals surface area contributed by atoms with E-state index in [0.29, 0.717) is 23.1 Å². The number of carbonyl (C=O) groups excluding carboxylic acids is 1. The van der Waals surface area contributed by atoms with Crippen molar-refractivity contribution in [2.24, 2.45) is 0 Å². The molecule has 0 bridgehead atoms. The molecule has 5 nitrogen and oxygen atoms in total. The van der Waals surface area contributed by atoms with Crippen molar-refractivity contribution in [1.29, 1.82) is 0 Å². The first kappa shape index (κ1) is 16.9. The molecular formula is C19H17ClN4O. The Kier molecular flexibility index (Phi) is 5.26. The van der Waals surface area contributed by atoms with Crippen molar-refractivity contribution in [2.45, 2.75) is 13.5 Å². The maximum absolute atomic E-state index is 12.3. The number of aromatic nitrogens is 2. The molecule has 1 amide bonds. The maximum atomic E-state index is 12.3. The zero-order chi connectivity index (χ0) is 17.6. The number of anilines is 2. The molecule has 0 unspecified atom stereocenters. The normalized spacial score (nSPS) is 10.3. The molecule has 1 heterocycles. The number of carbonyl (C=O) groups is 1. The highest BCUT2D eigenvalue weighted by Crippen LogP contribution is 2.23. The Morgan fingerprint density at radius 1 is 1.04 bits per heavy atom.